The van der Waals surface area contributed by atoms with E-state index in [1.807, 2.05) is 49.1 Å². The van der Waals surface area contributed by atoms with Gasteiger partial charge in [0, 0.05) is 0 Å². The number of ether oxygens (including phenoxy) is 2. The molecular weight excluding hydrogens is 409 g/mol. The lowest BCUT2D eigenvalue weighted by Crippen LogP contribution is -2.44. The van der Waals surface area contributed by atoms with Gasteiger partial charge in [-0.15, -0.1) is 0 Å². The fraction of sp³-hybridized carbons (Fsp3) is 0.474. The number of hydrogen-bond acceptors (Lipinski definition) is 10. The second kappa shape index (κ2) is 9.28. The molecule has 2 aromatic rings. The highest BCUT2D eigenvalue weighted by Gasteiger charge is 2.36. The van der Waals surface area contributed by atoms with Gasteiger partial charge in [0.2, 0.25) is 11.8 Å². The zero-order valence-electron chi connectivity index (χ0n) is 17.1. The van der Waals surface area contributed by atoms with Gasteiger partial charge in [0.1, 0.15) is 18.0 Å². The summed E-state index contributed by atoms with van der Waals surface area (Å²) in [5, 5.41) is 3.23. The maximum Gasteiger partial charge on any atom is 0.333 e. The second-order valence-electron chi connectivity index (χ2n) is 6.96. The van der Waals surface area contributed by atoms with Crippen molar-refractivity contribution >= 4 is 26.1 Å². The minimum atomic E-state index is -1.41. The maximum absolute atomic E-state index is 6.22. The molecule has 1 fully saturated rings. The number of methoxy groups -OCH3 is 1. The SMILES string of the molecule is COc1nc(N)nc2c1NCN2C(C)OC1COP(OCc2ccccc2)OC1C. The summed E-state index contributed by atoms with van der Waals surface area (Å²) in [7, 11) is 0.135. The first-order valence-corrected chi connectivity index (χ1v) is 10.8. The van der Waals surface area contributed by atoms with Crippen molar-refractivity contribution in [1.29, 1.82) is 0 Å². The molecule has 4 rings (SSSR count). The highest BCUT2D eigenvalue weighted by atomic mass is 31.2. The van der Waals surface area contributed by atoms with Gasteiger partial charge in [0.25, 0.3) is 0 Å². The van der Waals surface area contributed by atoms with Crippen LogP contribution >= 0.6 is 8.60 Å². The van der Waals surface area contributed by atoms with Crippen LogP contribution in [-0.2, 0) is 24.9 Å². The lowest BCUT2D eigenvalue weighted by atomic mass is 10.2. The molecule has 2 aliphatic rings. The molecule has 0 radical (unpaired) electrons. The van der Waals surface area contributed by atoms with Crippen LogP contribution in [0.3, 0.4) is 0 Å². The van der Waals surface area contributed by atoms with E-state index in [9.17, 15) is 0 Å². The number of rotatable bonds is 7. The predicted molar refractivity (Wildman–Crippen MR) is 113 cm³/mol. The number of aromatic nitrogens is 2. The summed E-state index contributed by atoms with van der Waals surface area (Å²) < 4.78 is 29.0. The fourth-order valence-corrected chi connectivity index (χ4v) is 4.37. The Hall–Kier alpha value is -2.23. The third-order valence-corrected chi connectivity index (χ3v) is 6.08. The van der Waals surface area contributed by atoms with Gasteiger partial charge in [-0.2, -0.15) is 9.97 Å². The van der Waals surface area contributed by atoms with Crippen LogP contribution in [0.5, 0.6) is 5.88 Å². The lowest BCUT2D eigenvalue weighted by molar-refractivity contribution is -0.103. The normalized spacial score (nSPS) is 24.2. The molecule has 30 heavy (non-hydrogen) atoms. The van der Waals surface area contributed by atoms with E-state index in [0.717, 1.165) is 5.56 Å². The van der Waals surface area contributed by atoms with Crippen molar-refractivity contribution in [1.82, 2.24) is 9.97 Å². The van der Waals surface area contributed by atoms with Crippen molar-refractivity contribution in [2.75, 3.05) is 36.3 Å². The standard InChI is InChI=1S/C19H26N5O5P/c1-12-15(10-27-30(29-12)26-9-14-7-5-4-6-8-14)28-13(2)24-11-21-16-17(24)22-19(20)23-18(16)25-3/h4-8,12-13,15,21H,9-11H2,1-3H3,(H2,20,22,23). The number of nitrogens with zero attached hydrogens (tertiary/aromatic N) is 3. The fourth-order valence-electron chi connectivity index (χ4n) is 3.24. The van der Waals surface area contributed by atoms with Crippen molar-refractivity contribution < 1.29 is 23.0 Å². The van der Waals surface area contributed by atoms with Crippen molar-refractivity contribution in [3.63, 3.8) is 0 Å². The second-order valence-corrected chi connectivity index (χ2v) is 8.13. The van der Waals surface area contributed by atoms with Crippen LogP contribution in [0.4, 0.5) is 17.5 Å². The molecule has 1 aromatic carbocycles. The van der Waals surface area contributed by atoms with Gasteiger partial charge >= 0.3 is 8.60 Å². The third kappa shape index (κ3) is 4.58. The van der Waals surface area contributed by atoms with Gasteiger partial charge < -0.3 is 39.0 Å². The number of nitrogens with one attached hydrogen (secondary N) is 1. The Morgan fingerprint density at radius 3 is 2.87 bits per heavy atom. The van der Waals surface area contributed by atoms with Gasteiger partial charge in [-0.3, -0.25) is 0 Å². The molecule has 0 bridgehead atoms. The molecule has 1 saturated heterocycles. The number of nitrogens with two attached hydrogens (primary N) is 1. The Labute approximate surface area is 176 Å². The minimum absolute atomic E-state index is 0.144. The summed E-state index contributed by atoms with van der Waals surface area (Å²) in [5.74, 6) is 1.20. The number of anilines is 3. The summed E-state index contributed by atoms with van der Waals surface area (Å²) in [6.45, 7) is 5.23. The first kappa shape index (κ1) is 21.0. The summed E-state index contributed by atoms with van der Waals surface area (Å²) in [4.78, 5) is 10.4. The Kier molecular flexibility index (Phi) is 6.50. The molecule has 0 amide bonds. The van der Waals surface area contributed by atoms with Crippen molar-refractivity contribution in [2.24, 2.45) is 0 Å². The van der Waals surface area contributed by atoms with Crippen LogP contribution in [0.1, 0.15) is 19.4 Å². The van der Waals surface area contributed by atoms with Gasteiger partial charge in [0.15, 0.2) is 5.82 Å². The molecule has 11 heteroatoms. The molecule has 4 unspecified atom stereocenters. The zero-order chi connectivity index (χ0) is 21.1. The summed E-state index contributed by atoms with van der Waals surface area (Å²) in [6.07, 6.45) is -0.723. The van der Waals surface area contributed by atoms with Gasteiger partial charge in [-0.05, 0) is 19.4 Å². The van der Waals surface area contributed by atoms with Crippen molar-refractivity contribution in [3.8, 4) is 5.88 Å². The van der Waals surface area contributed by atoms with Crippen LogP contribution in [0.25, 0.3) is 0 Å². The number of fused-ring (bicyclic) bond motifs is 1. The van der Waals surface area contributed by atoms with Crippen LogP contribution in [0.15, 0.2) is 30.3 Å². The Morgan fingerprint density at radius 2 is 2.13 bits per heavy atom. The Balaban J connectivity index is 1.32. The number of hydrogen-bond donors (Lipinski definition) is 2. The van der Waals surface area contributed by atoms with E-state index < -0.39 is 8.60 Å². The van der Waals surface area contributed by atoms with E-state index in [1.165, 1.54) is 0 Å². The summed E-state index contributed by atoms with van der Waals surface area (Å²) >= 11 is 0. The molecule has 10 nitrogen and oxygen atoms in total. The lowest BCUT2D eigenvalue weighted by Gasteiger charge is -2.36. The highest BCUT2D eigenvalue weighted by Crippen LogP contribution is 2.46. The van der Waals surface area contributed by atoms with Gasteiger partial charge in [-0.1, -0.05) is 30.3 Å². The Morgan fingerprint density at radius 1 is 1.33 bits per heavy atom. The highest BCUT2D eigenvalue weighted by molar-refractivity contribution is 7.41. The van der Waals surface area contributed by atoms with E-state index in [4.69, 9.17) is 28.8 Å². The molecule has 3 N–H and O–H groups in total. The predicted octanol–water partition coefficient (Wildman–Crippen LogP) is 2.87. The largest absolute Gasteiger partial charge is 0.479 e. The number of nitrogen functional groups attached to an aromatic ring is 1. The van der Waals surface area contributed by atoms with Gasteiger partial charge in [-0.25, -0.2) is 0 Å². The smallest absolute Gasteiger partial charge is 0.333 e. The molecule has 3 heterocycles. The van der Waals surface area contributed by atoms with Crippen LogP contribution in [0.2, 0.25) is 0 Å². The zero-order valence-corrected chi connectivity index (χ0v) is 18.0. The number of benzene rings is 1. The van der Waals surface area contributed by atoms with Crippen LogP contribution < -0.4 is 20.7 Å². The topological polar surface area (TPSA) is 113 Å². The van der Waals surface area contributed by atoms with E-state index in [0.29, 0.717) is 37.3 Å². The molecule has 0 aliphatic carbocycles. The van der Waals surface area contributed by atoms with E-state index in [2.05, 4.69) is 15.3 Å². The quantitative estimate of drug-likeness (QED) is 0.630. The molecule has 0 saturated carbocycles. The van der Waals surface area contributed by atoms with Crippen molar-refractivity contribution in [2.45, 2.75) is 38.9 Å². The summed E-state index contributed by atoms with van der Waals surface area (Å²) in [5.41, 5.74) is 7.58. The first-order valence-electron chi connectivity index (χ1n) is 9.69. The third-order valence-electron chi connectivity index (χ3n) is 4.88. The summed E-state index contributed by atoms with van der Waals surface area (Å²) in [6, 6.07) is 9.93. The van der Waals surface area contributed by atoms with Crippen molar-refractivity contribution in [3.05, 3.63) is 35.9 Å². The molecule has 162 valence electrons. The van der Waals surface area contributed by atoms with Crippen LogP contribution in [0, 0.1) is 0 Å². The molecule has 4 atom stereocenters. The molecule has 1 aromatic heterocycles. The molecular formula is C19H26N5O5P. The van der Waals surface area contributed by atoms with E-state index >= 15 is 0 Å². The molecule has 2 aliphatic heterocycles. The van der Waals surface area contributed by atoms with Gasteiger partial charge in [0.05, 0.1) is 33.1 Å². The minimum Gasteiger partial charge on any atom is -0.479 e. The maximum atomic E-state index is 6.22. The molecule has 0 spiro atoms. The average molecular weight is 435 g/mol. The van der Waals surface area contributed by atoms with E-state index in [1.54, 1.807) is 7.11 Å². The van der Waals surface area contributed by atoms with E-state index in [-0.39, 0.29) is 24.4 Å². The first-order chi connectivity index (χ1) is 14.5. The van der Waals surface area contributed by atoms with Crippen LogP contribution in [-0.4, -0.2) is 48.8 Å². The monoisotopic (exact) mass is 435 g/mol. The Bertz CT molecular complexity index is 861. The average Bonchev–Trinajstić information content (AvgIpc) is 3.18.